The van der Waals surface area contributed by atoms with Gasteiger partial charge < -0.3 is 10.0 Å². The minimum atomic E-state index is -1.02. The highest BCUT2D eigenvalue weighted by Gasteiger charge is 2.24. The van der Waals surface area contributed by atoms with Crippen LogP contribution in [0.5, 0.6) is 0 Å². The maximum absolute atomic E-state index is 14.4. The number of rotatable bonds is 6. The van der Waals surface area contributed by atoms with Gasteiger partial charge in [0, 0.05) is 22.7 Å². The monoisotopic (exact) mass is 465 g/mol. The van der Waals surface area contributed by atoms with Crippen molar-refractivity contribution >= 4 is 40.8 Å². The molecule has 0 aliphatic rings. The Morgan fingerprint density at radius 2 is 2.07 bits per heavy atom. The number of halogens is 2. The van der Waals surface area contributed by atoms with E-state index in [1.165, 1.54) is 34.2 Å². The van der Waals surface area contributed by atoms with Gasteiger partial charge in [-0.05, 0) is 35.7 Å². The van der Waals surface area contributed by atoms with Crippen molar-refractivity contribution in [2.75, 3.05) is 6.54 Å². The largest absolute Gasteiger partial charge is 0.465 e. The fraction of sp³-hybridized carbons (Fsp3) is 0.286. The lowest BCUT2D eigenvalue weighted by Gasteiger charge is -2.27. The molecule has 0 bridgehead atoms. The number of hydrogen-bond donors (Lipinski definition) is 1. The first-order valence-corrected chi connectivity index (χ1v) is 11.2. The Kier molecular flexibility index (Phi) is 7.00. The van der Waals surface area contributed by atoms with Gasteiger partial charge in [-0.15, -0.1) is 11.3 Å². The van der Waals surface area contributed by atoms with Crippen LogP contribution in [0.25, 0.3) is 11.3 Å². The molecule has 0 saturated carbocycles. The molecule has 3 aromatic rings. The predicted octanol–water partition coefficient (Wildman–Crippen LogP) is 6.67. The van der Waals surface area contributed by atoms with Crippen molar-refractivity contribution in [3.63, 3.8) is 0 Å². The van der Waals surface area contributed by atoms with Gasteiger partial charge in [-0.2, -0.15) is 4.39 Å². The van der Waals surface area contributed by atoms with E-state index in [0.717, 1.165) is 9.10 Å². The second-order valence-corrected chi connectivity index (χ2v) is 10.7. The number of carboxylic acid groups (broad SMARTS) is 1. The van der Waals surface area contributed by atoms with E-state index in [4.69, 9.17) is 11.6 Å². The van der Waals surface area contributed by atoms with Gasteiger partial charge in [0.1, 0.15) is 10.7 Å². The number of nitrogens with zero attached hydrogens (tertiary/aromatic N) is 3. The van der Waals surface area contributed by atoms with Crippen molar-refractivity contribution in [1.82, 2.24) is 14.9 Å². The Hall–Kier alpha value is -2.16. The third-order valence-corrected chi connectivity index (χ3v) is 6.36. The zero-order valence-electron chi connectivity index (χ0n) is 16.7. The van der Waals surface area contributed by atoms with Crippen LogP contribution in [0.4, 0.5) is 9.18 Å². The van der Waals surface area contributed by atoms with Crippen molar-refractivity contribution < 1.29 is 14.3 Å². The highest BCUT2D eigenvalue weighted by molar-refractivity contribution is 8.01. The van der Waals surface area contributed by atoms with E-state index in [2.05, 4.69) is 9.97 Å². The Balaban J connectivity index is 1.99. The first-order valence-electron chi connectivity index (χ1n) is 9.14. The van der Waals surface area contributed by atoms with Gasteiger partial charge >= 0.3 is 6.09 Å². The van der Waals surface area contributed by atoms with Crippen molar-refractivity contribution in [3.05, 3.63) is 58.6 Å². The Morgan fingerprint density at radius 1 is 1.30 bits per heavy atom. The summed E-state index contributed by atoms with van der Waals surface area (Å²) in [7, 11) is 0. The highest BCUT2D eigenvalue weighted by atomic mass is 35.5. The Labute approximate surface area is 187 Å². The summed E-state index contributed by atoms with van der Waals surface area (Å²) in [5.41, 5.74) is 0.528. The molecule has 0 spiro atoms. The van der Waals surface area contributed by atoms with Crippen LogP contribution in [0, 0.1) is 11.4 Å². The molecule has 1 N–H and O–H groups in total. The summed E-state index contributed by atoms with van der Waals surface area (Å²) < 4.78 is 15.1. The number of benzene rings is 1. The van der Waals surface area contributed by atoms with E-state index < -0.39 is 12.0 Å². The van der Waals surface area contributed by atoms with E-state index in [1.807, 2.05) is 39.0 Å². The van der Waals surface area contributed by atoms with Crippen LogP contribution >= 0.6 is 34.7 Å². The summed E-state index contributed by atoms with van der Waals surface area (Å²) in [6, 6.07) is 10.6. The summed E-state index contributed by atoms with van der Waals surface area (Å²) in [6.07, 6.45) is 0.365. The number of pyridine rings is 1. The summed E-state index contributed by atoms with van der Waals surface area (Å²) in [5.74, 6) is -0.618. The summed E-state index contributed by atoms with van der Waals surface area (Å²) in [6.45, 7) is 6.41. The third-order valence-electron chi connectivity index (χ3n) is 3.92. The molecule has 0 aliphatic carbocycles. The number of aromatic nitrogens is 2. The van der Waals surface area contributed by atoms with Crippen LogP contribution in [0.1, 0.15) is 25.8 Å². The van der Waals surface area contributed by atoms with Gasteiger partial charge in [0.25, 0.3) is 0 Å². The van der Waals surface area contributed by atoms with Crippen molar-refractivity contribution in [2.24, 2.45) is 5.41 Å². The SMILES string of the molecule is CC(C)(C)CN(Cc1nc(-c2cccnc2F)c(Sc2cccc(Cl)c2)s1)C(=O)O. The zero-order chi connectivity index (χ0) is 21.9. The van der Waals surface area contributed by atoms with Crippen LogP contribution in [0.2, 0.25) is 5.02 Å². The quantitative estimate of drug-likeness (QED) is 0.411. The normalized spacial score (nSPS) is 11.5. The number of amides is 1. The maximum atomic E-state index is 14.4. The summed E-state index contributed by atoms with van der Waals surface area (Å²) >= 11 is 8.85. The lowest BCUT2D eigenvalue weighted by Crippen LogP contribution is -2.36. The molecule has 0 atom stereocenters. The fourth-order valence-corrected chi connectivity index (χ4v) is 5.40. The van der Waals surface area contributed by atoms with Gasteiger partial charge in [-0.3, -0.25) is 0 Å². The average molecular weight is 466 g/mol. The van der Waals surface area contributed by atoms with Crippen molar-refractivity contribution in [2.45, 2.75) is 36.4 Å². The molecule has 2 aromatic heterocycles. The number of carbonyl (C=O) groups is 1. The molecule has 158 valence electrons. The molecule has 0 radical (unpaired) electrons. The van der Waals surface area contributed by atoms with Crippen LogP contribution in [-0.4, -0.2) is 32.6 Å². The molecule has 0 fully saturated rings. The van der Waals surface area contributed by atoms with Crippen LogP contribution in [-0.2, 0) is 6.54 Å². The third kappa shape index (κ3) is 5.93. The smallest absolute Gasteiger partial charge is 0.407 e. The minimum Gasteiger partial charge on any atom is -0.465 e. The van der Waals surface area contributed by atoms with Crippen LogP contribution < -0.4 is 0 Å². The fourth-order valence-electron chi connectivity index (χ4n) is 2.78. The highest BCUT2D eigenvalue weighted by Crippen LogP contribution is 2.41. The first kappa shape index (κ1) is 22.5. The average Bonchev–Trinajstić information content (AvgIpc) is 3.02. The molecule has 9 heteroatoms. The molecule has 1 amide bonds. The maximum Gasteiger partial charge on any atom is 0.407 e. The molecule has 30 heavy (non-hydrogen) atoms. The first-order chi connectivity index (χ1) is 14.1. The van der Waals surface area contributed by atoms with Gasteiger partial charge in [0.15, 0.2) is 0 Å². The van der Waals surface area contributed by atoms with E-state index in [1.54, 1.807) is 18.2 Å². The zero-order valence-corrected chi connectivity index (χ0v) is 19.1. The molecular formula is C21H21ClFN3O2S2. The molecule has 1 aromatic carbocycles. The lowest BCUT2D eigenvalue weighted by atomic mass is 9.96. The standard InChI is InChI=1S/C21H21ClFN3O2S2/c1-21(2,3)12-26(20(27)28)11-16-25-17(15-8-5-9-24-18(15)23)19(30-16)29-14-7-4-6-13(22)10-14/h4-10H,11-12H2,1-3H3,(H,27,28). The molecule has 0 saturated heterocycles. The topological polar surface area (TPSA) is 66.3 Å². The molecule has 3 rings (SSSR count). The summed E-state index contributed by atoms with van der Waals surface area (Å²) in [4.78, 5) is 22.3. The summed E-state index contributed by atoms with van der Waals surface area (Å²) in [5, 5.41) is 10.8. The van der Waals surface area contributed by atoms with E-state index in [0.29, 0.717) is 22.3 Å². The Bertz CT molecular complexity index is 1050. The minimum absolute atomic E-state index is 0.127. The number of thiazole rings is 1. The second-order valence-electron chi connectivity index (χ2n) is 7.84. The predicted molar refractivity (Wildman–Crippen MR) is 119 cm³/mol. The number of hydrogen-bond acceptors (Lipinski definition) is 5. The van der Waals surface area contributed by atoms with E-state index >= 15 is 0 Å². The molecule has 2 heterocycles. The van der Waals surface area contributed by atoms with Crippen molar-refractivity contribution in [3.8, 4) is 11.3 Å². The molecule has 0 unspecified atom stereocenters. The van der Waals surface area contributed by atoms with E-state index in [9.17, 15) is 14.3 Å². The molecular weight excluding hydrogens is 445 g/mol. The molecule has 5 nitrogen and oxygen atoms in total. The van der Waals surface area contributed by atoms with Gasteiger partial charge in [0.05, 0.1) is 16.3 Å². The van der Waals surface area contributed by atoms with Crippen molar-refractivity contribution in [1.29, 1.82) is 0 Å². The second kappa shape index (κ2) is 9.32. The van der Waals surface area contributed by atoms with Crippen LogP contribution in [0.3, 0.4) is 0 Å². The van der Waals surface area contributed by atoms with Crippen LogP contribution in [0.15, 0.2) is 51.7 Å². The lowest BCUT2D eigenvalue weighted by molar-refractivity contribution is 0.123. The molecule has 0 aliphatic heterocycles. The van der Waals surface area contributed by atoms with Gasteiger partial charge in [-0.1, -0.05) is 50.2 Å². The van der Waals surface area contributed by atoms with Gasteiger partial charge in [-0.25, -0.2) is 14.8 Å². The van der Waals surface area contributed by atoms with Gasteiger partial charge in [0.2, 0.25) is 5.95 Å². The van der Waals surface area contributed by atoms with E-state index in [-0.39, 0.29) is 17.5 Å². The Morgan fingerprint density at radius 3 is 2.70 bits per heavy atom.